The summed E-state index contributed by atoms with van der Waals surface area (Å²) in [6, 6.07) is 0.349. The first-order valence-corrected chi connectivity index (χ1v) is 9.21. The number of amides is 1. The molecule has 3 heterocycles. The average Bonchev–Trinajstić information content (AvgIpc) is 3.11. The molecule has 0 saturated carbocycles. The van der Waals surface area contributed by atoms with E-state index in [4.69, 9.17) is 4.74 Å². The molecule has 2 aliphatic heterocycles. The van der Waals surface area contributed by atoms with Crippen molar-refractivity contribution >= 4 is 30.7 Å². The third-order valence-electron chi connectivity index (χ3n) is 5.58. The Morgan fingerprint density at radius 3 is 2.77 bits per heavy atom. The molecule has 150 valence electrons. The lowest BCUT2D eigenvalue weighted by Crippen LogP contribution is -2.53. The minimum atomic E-state index is -0.343. The average molecular weight is 407 g/mol. The van der Waals surface area contributed by atoms with Gasteiger partial charge in [0.25, 0.3) is 0 Å². The van der Waals surface area contributed by atoms with E-state index in [0.29, 0.717) is 12.6 Å². The number of likely N-dealkylation sites (tertiary alicyclic amines) is 1. The molecule has 2 fully saturated rings. The van der Waals surface area contributed by atoms with Crippen LogP contribution in [-0.4, -0.2) is 60.3 Å². The van der Waals surface area contributed by atoms with Crippen molar-refractivity contribution in [3.63, 3.8) is 0 Å². The van der Waals surface area contributed by atoms with Gasteiger partial charge in [-0.15, -0.1) is 24.8 Å². The Balaban J connectivity index is 0.00000169. The molecule has 0 aromatic carbocycles. The van der Waals surface area contributed by atoms with Gasteiger partial charge in [-0.25, -0.2) is 4.98 Å². The predicted octanol–water partition coefficient (Wildman–Crippen LogP) is 2.47. The van der Waals surface area contributed by atoms with Crippen LogP contribution in [0, 0.1) is 5.41 Å². The number of piperidine rings is 2. The quantitative estimate of drug-likeness (QED) is 0.815. The molecule has 1 unspecified atom stereocenters. The second-order valence-corrected chi connectivity index (χ2v) is 7.11. The fourth-order valence-corrected chi connectivity index (χ4v) is 4.25. The predicted molar refractivity (Wildman–Crippen MR) is 107 cm³/mol. The van der Waals surface area contributed by atoms with Crippen molar-refractivity contribution in [2.24, 2.45) is 5.41 Å². The number of hydrogen-bond donors (Lipinski definition) is 1. The van der Waals surface area contributed by atoms with Gasteiger partial charge in [-0.05, 0) is 38.8 Å². The van der Waals surface area contributed by atoms with E-state index in [1.807, 2.05) is 6.20 Å². The van der Waals surface area contributed by atoms with Gasteiger partial charge in [0.2, 0.25) is 5.91 Å². The minimum absolute atomic E-state index is 0. The van der Waals surface area contributed by atoms with E-state index in [1.54, 1.807) is 7.11 Å². The molecule has 1 aromatic rings. The van der Waals surface area contributed by atoms with Crippen molar-refractivity contribution < 1.29 is 9.53 Å². The smallest absolute Gasteiger partial charge is 0.231 e. The van der Waals surface area contributed by atoms with Gasteiger partial charge in [-0.2, -0.15) is 0 Å². The lowest BCUT2D eigenvalue weighted by molar-refractivity contribution is -0.149. The van der Waals surface area contributed by atoms with E-state index in [9.17, 15) is 4.79 Å². The number of rotatable bonds is 5. The second kappa shape index (κ2) is 10.5. The van der Waals surface area contributed by atoms with Crippen LogP contribution in [0.1, 0.15) is 44.5 Å². The van der Waals surface area contributed by atoms with Crippen LogP contribution in [0.3, 0.4) is 0 Å². The van der Waals surface area contributed by atoms with Gasteiger partial charge in [0, 0.05) is 39.0 Å². The van der Waals surface area contributed by atoms with Gasteiger partial charge in [0.05, 0.1) is 18.1 Å². The van der Waals surface area contributed by atoms with Crippen LogP contribution < -0.4 is 5.32 Å². The van der Waals surface area contributed by atoms with E-state index in [1.165, 1.54) is 0 Å². The molecule has 1 amide bonds. The maximum absolute atomic E-state index is 13.3. The van der Waals surface area contributed by atoms with E-state index >= 15 is 0 Å². The number of hydrogen-bond acceptors (Lipinski definition) is 4. The summed E-state index contributed by atoms with van der Waals surface area (Å²) < 4.78 is 7.71. The fraction of sp³-hybridized carbons (Fsp3) is 0.778. The number of nitrogens with one attached hydrogen (secondary N) is 1. The molecule has 3 rings (SSSR count). The SMILES string of the molecule is CCc1nccn1C1CCCN(C(=O)C2(COC)CCNCC2)C1.Cl.Cl. The first-order chi connectivity index (χ1) is 11.7. The van der Waals surface area contributed by atoms with Crippen molar-refractivity contribution in [1.82, 2.24) is 19.8 Å². The summed E-state index contributed by atoms with van der Waals surface area (Å²) in [7, 11) is 1.70. The van der Waals surface area contributed by atoms with Crippen LogP contribution in [0.25, 0.3) is 0 Å². The number of aromatic nitrogens is 2. The standard InChI is InChI=1S/C18H30N4O2.2ClH/c1-3-16-20-10-12-22(16)15-5-4-11-21(13-15)17(23)18(14-24-2)6-8-19-9-7-18;;/h10,12,15,19H,3-9,11,13-14H2,1-2H3;2*1H. The molecule has 8 heteroatoms. The highest BCUT2D eigenvalue weighted by Gasteiger charge is 2.43. The van der Waals surface area contributed by atoms with Crippen LogP contribution in [0.15, 0.2) is 12.4 Å². The molecule has 26 heavy (non-hydrogen) atoms. The van der Waals surface area contributed by atoms with Gasteiger partial charge in [-0.1, -0.05) is 6.92 Å². The third-order valence-corrected chi connectivity index (χ3v) is 5.58. The number of imidazole rings is 1. The molecule has 0 radical (unpaired) electrons. The Kier molecular flexibility index (Phi) is 9.38. The molecule has 1 aromatic heterocycles. The van der Waals surface area contributed by atoms with Gasteiger partial charge >= 0.3 is 0 Å². The van der Waals surface area contributed by atoms with Crippen LogP contribution in [0.2, 0.25) is 0 Å². The molecule has 1 N–H and O–H groups in total. The molecule has 1 atom stereocenters. The number of halogens is 2. The Labute approximate surface area is 168 Å². The van der Waals surface area contributed by atoms with Gasteiger partial charge in [0.1, 0.15) is 5.82 Å². The van der Waals surface area contributed by atoms with Crippen LogP contribution in [0.5, 0.6) is 0 Å². The number of methoxy groups -OCH3 is 1. The summed E-state index contributed by atoms with van der Waals surface area (Å²) in [6.45, 7) is 6.11. The third kappa shape index (κ3) is 4.71. The molecule has 0 bridgehead atoms. The van der Waals surface area contributed by atoms with E-state index in [-0.39, 0.29) is 36.1 Å². The van der Waals surface area contributed by atoms with Crippen molar-refractivity contribution in [2.75, 3.05) is 39.9 Å². The van der Waals surface area contributed by atoms with Crippen LogP contribution >= 0.6 is 24.8 Å². The number of nitrogens with zero attached hydrogens (tertiary/aromatic N) is 3. The molecule has 2 saturated heterocycles. The second-order valence-electron chi connectivity index (χ2n) is 7.11. The summed E-state index contributed by atoms with van der Waals surface area (Å²) in [5, 5.41) is 3.36. The normalized spacial score (nSPS) is 22.2. The number of carbonyl (C=O) groups is 1. The monoisotopic (exact) mass is 406 g/mol. The maximum Gasteiger partial charge on any atom is 0.231 e. The molecule has 2 aliphatic rings. The Morgan fingerprint density at radius 2 is 2.12 bits per heavy atom. The summed E-state index contributed by atoms with van der Waals surface area (Å²) in [5.74, 6) is 1.40. The fourth-order valence-electron chi connectivity index (χ4n) is 4.25. The Bertz CT molecular complexity index is 556. The first-order valence-electron chi connectivity index (χ1n) is 9.21. The highest BCUT2D eigenvalue weighted by atomic mass is 35.5. The summed E-state index contributed by atoms with van der Waals surface area (Å²) in [4.78, 5) is 19.9. The molecule has 6 nitrogen and oxygen atoms in total. The first kappa shape index (κ1) is 23.2. The van der Waals surface area contributed by atoms with Gasteiger partial charge in [-0.3, -0.25) is 4.79 Å². The maximum atomic E-state index is 13.3. The van der Waals surface area contributed by atoms with Crippen LogP contribution in [0.4, 0.5) is 0 Å². The van der Waals surface area contributed by atoms with Crippen molar-refractivity contribution in [3.05, 3.63) is 18.2 Å². The van der Waals surface area contributed by atoms with Crippen molar-refractivity contribution in [3.8, 4) is 0 Å². The van der Waals surface area contributed by atoms with E-state index in [2.05, 4.69) is 32.9 Å². The Morgan fingerprint density at radius 1 is 1.38 bits per heavy atom. The van der Waals surface area contributed by atoms with Crippen molar-refractivity contribution in [2.45, 2.75) is 45.1 Å². The van der Waals surface area contributed by atoms with E-state index in [0.717, 1.165) is 64.1 Å². The zero-order chi connectivity index (χ0) is 17.0. The highest BCUT2D eigenvalue weighted by molar-refractivity contribution is 5.85. The van der Waals surface area contributed by atoms with Gasteiger partial charge < -0.3 is 19.5 Å². The zero-order valence-corrected chi connectivity index (χ0v) is 17.4. The van der Waals surface area contributed by atoms with E-state index < -0.39 is 0 Å². The zero-order valence-electron chi connectivity index (χ0n) is 15.8. The lowest BCUT2D eigenvalue weighted by Gasteiger charge is -2.42. The molecular weight excluding hydrogens is 375 g/mol. The largest absolute Gasteiger partial charge is 0.384 e. The lowest BCUT2D eigenvalue weighted by atomic mass is 9.78. The molecular formula is C18H32Cl2N4O2. The highest BCUT2D eigenvalue weighted by Crippen LogP contribution is 2.34. The van der Waals surface area contributed by atoms with Gasteiger partial charge in [0.15, 0.2) is 0 Å². The number of ether oxygens (including phenoxy) is 1. The van der Waals surface area contributed by atoms with Crippen LogP contribution in [-0.2, 0) is 16.0 Å². The minimum Gasteiger partial charge on any atom is -0.384 e. The summed E-state index contributed by atoms with van der Waals surface area (Å²) in [6.07, 6.45) is 8.77. The molecule has 0 aliphatic carbocycles. The summed E-state index contributed by atoms with van der Waals surface area (Å²) in [5.41, 5.74) is -0.343. The summed E-state index contributed by atoms with van der Waals surface area (Å²) >= 11 is 0. The number of aryl methyl sites for hydroxylation is 1. The Hall–Kier alpha value is -0.820. The number of carbonyl (C=O) groups excluding carboxylic acids is 1. The molecule has 0 spiro atoms. The topological polar surface area (TPSA) is 59.4 Å². The van der Waals surface area contributed by atoms with Crippen molar-refractivity contribution in [1.29, 1.82) is 0 Å².